The van der Waals surface area contributed by atoms with Crippen molar-refractivity contribution in [3.05, 3.63) is 32.7 Å². The molecule has 0 spiro atoms. The molecule has 0 fully saturated rings. The van der Waals surface area contributed by atoms with Crippen LogP contribution in [-0.4, -0.2) is 29.9 Å². The molecule has 1 amide bonds. The molecule has 3 nitrogen and oxygen atoms in total. The lowest BCUT2D eigenvalue weighted by molar-refractivity contribution is -0.132. The van der Waals surface area contributed by atoms with E-state index in [1.165, 1.54) is 0 Å². The second-order valence-corrected chi connectivity index (χ2v) is 6.07. The van der Waals surface area contributed by atoms with E-state index < -0.39 is 0 Å². The summed E-state index contributed by atoms with van der Waals surface area (Å²) in [5, 5.41) is 3.27. The number of likely N-dealkylation sites (N-methyl/N-ethyl adjacent to an activating group) is 1. The molecule has 0 saturated heterocycles. The number of hydrogen-bond donors (Lipinski definition) is 1. The zero-order valence-corrected chi connectivity index (χ0v) is 14.7. The van der Waals surface area contributed by atoms with E-state index in [2.05, 4.69) is 37.2 Å². The van der Waals surface area contributed by atoms with Crippen LogP contribution in [-0.2, 0) is 11.3 Å². The van der Waals surface area contributed by atoms with Crippen molar-refractivity contribution in [1.82, 2.24) is 10.2 Å². The number of nitrogens with one attached hydrogen (secondary N) is 1. The third-order valence-corrected chi connectivity index (χ3v) is 4.92. The summed E-state index contributed by atoms with van der Waals surface area (Å²) < 4.78 is 2.05. The van der Waals surface area contributed by atoms with Gasteiger partial charge in [-0.3, -0.25) is 4.79 Å². The lowest BCUT2D eigenvalue weighted by Gasteiger charge is -2.23. The SMILES string of the molecule is CCN(CC)C(=O)C(C)NCc1ccc(Br)c(Br)c1. The molecule has 1 aromatic rings. The average molecular weight is 392 g/mol. The molecule has 5 heteroatoms. The van der Waals surface area contributed by atoms with Gasteiger partial charge in [-0.1, -0.05) is 6.07 Å². The number of hydrogen-bond acceptors (Lipinski definition) is 2. The first-order chi connectivity index (χ1) is 8.99. The van der Waals surface area contributed by atoms with Crippen LogP contribution in [0.4, 0.5) is 0 Å². The molecule has 0 radical (unpaired) electrons. The van der Waals surface area contributed by atoms with Crippen molar-refractivity contribution < 1.29 is 4.79 Å². The first-order valence-corrected chi connectivity index (χ1v) is 8.04. The summed E-state index contributed by atoms with van der Waals surface area (Å²) >= 11 is 6.92. The van der Waals surface area contributed by atoms with Crippen molar-refractivity contribution in [3.8, 4) is 0 Å². The summed E-state index contributed by atoms with van der Waals surface area (Å²) in [5.41, 5.74) is 1.15. The predicted octanol–water partition coefficient (Wildman–Crippen LogP) is 3.56. The molecular weight excluding hydrogens is 372 g/mol. The van der Waals surface area contributed by atoms with Gasteiger partial charge in [0.25, 0.3) is 0 Å². The smallest absolute Gasteiger partial charge is 0.239 e. The molecular formula is C14H20Br2N2O. The van der Waals surface area contributed by atoms with Crippen molar-refractivity contribution in [2.75, 3.05) is 13.1 Å². The van der Waals surface area contributed by atoms with Crippen LogP contribution in [0.1, 0.15) is 26.3 Å². The van der Waals surface area contributed by atoms with E-state index in [0.29, 0.717) is 6.54 Å². The van der Waals surface area contributed by atoms with Gasteiger partial charge in [0.05, 0.1) is 6.04 Å². The molecule has 0 aliphatic rings. The molecule has 0 bridgehead atoms. The molecule has 0 aliphatic heterocycles. The molecule has 1 N–H and O–H groups in total. The fraction of sp³-hybridized carbons (Fsp3) is 0.500. The van der Waals surface area contributed by atoms with Crippen LogP contribution in [0.2, 0.25) is 0 Å². The summed E-state index contributed by atoms with van der Waals surface area (Å²) in [7, 11) is 0. The van der Waals surface area contributed by atoms with Gasteiger partial charge in [0, 0.05) is 28.6 Å². The first kappa shape index (κ1) is 16.7. The Morgan fingerprint density at radius 3 is 2.42 bits per heavy atom. The van der Waals surface area contributed by atoms with Crippen molar-refractivity contribution in [3.63, 3.8) is 0 Å². The highest BCUT2D eigenvalue weighted by molar-refractivity contribution is 9.13. The number of benzene rings is 1. The maximum atomic E-state index is 12.1. The van der Waals surface area contributed by atoms with Gasteiger partial charge < -0.3 is 10.2 Å². The fourth-order valence-electron chi connectivity index (χ4n) is 1.82. The van der Waals surface area contributed by atoms with E-state index in [-0.39, 0.29) is 11.9 Å². The van der Waals surface area contributed by atoms with Crippen molar-refractivity contribution in [2.45, 2.75) is 33.4 Å². The third kappa shape index (κ3) is 4.89. The van der Waals surface area contributed by atoms with E-state index in [1.807, 2.05) is 43.9 Å². The van der Waals surface area contributed by atoms with Gasteiger partial charge in [-0.15, -0.1) is 0 Å². The van der Waals surface area contributed by atoms with Gasteiger partial charge in [-0.2, -0.15) is 0 Å². The monoisotopic (exact) mass is 390 g/mol. The minimum absolute atomic E-state index is 0.154. The number of halogens is 2. The lowest BCUT2D eigenvalue weighted by atomic mass is 10.2. The summed E-state index contributed by atoms with van der Waals surface area (Å²) in [4.78, 5) is 13.9. The lowest BCUT2D eigenvalue weighted by Crippen LogP contribution is -2.44. The predicted molar refractivity (Wildman–Crippen MR) is 86.1 cm³/mol. The van der Waals surface area contributed by atoms with Crippen LogP contribution in [0, 0.1) is 0 Å². The maximum Gasteiger partial charge on any atom is 0.239 e. The standard InChI is InChI=1S/C14H20Br2N2O/c1-4-18(5-2)14(19)10(3)17-9-11-6-7-12(15)13(16)8-11/h6-8,10,17H,4-5,9H2,1-3H3. The zero-order valence-electron chi connectivity index (χ0n) is 11.5. The van der Waals surface area contributed by atoms with Crippen molar-refractivity contribution >= 4 is 37.8 Å². The first-order valence-electron chi connectivity index (χ1n) is 6.45. The van der Waals surface area contributed by atoms with Crippen molar-refractivity contribution in [1.29, 1.82) is 0 Å². The highest BCUT2D eigenvalue weighted by atomic mass is 79.9. The Morgan fingerprint density at radius 2 is 1.89 bits per heavy atom. The normalized spacial score (nSPS) is 12.3. The second kappa shape index (κ2) is 8.02. The summed E-state index contributed by atoms with van der Waals surface area (Å²) in [6.45, 7) is 8.10. The molecule has 1 unspecified atom stereocenters. The largest absolute Gasteiger partial charge is 0.342 e. The van der Waals surface area contributed by atoms with E-state index in [4.69, 9.17) is 0 Å². The topological polar surface area (TPSA) is 32.3 Å². The Balaban J connectivity index is 2.56. The van der Waals surface area contributed by atoms with Crippen LogP contribution < -0.4 is 5.32 Å². The summed E-state index contributed by atoms with van der Waals surface area (Å²) in [6, 6.07) is 5.92. The zero-order chi connectivity index (χ0) is 14.4. The van der Waals surface area contributed by atoms with E-state index in [1.54, 1.807) is 0 Å². The summed E-state index contributed by atoms with van der Waals surface area (Å²) in [5.74, 6) is 0.154. The fourth-order valence-corrected chi connectivity index (χ4v) is 2.49. The van der Waals surface area contributed by atoms with E-state index >= 15 is 0 Å². The van der Waals surface area contributed by atoms with Gasteiger partial charge >= 0.3 is 0 Å². The highest BCUT2D eigenvalue weighted by Gasteiger charge is 2.17. The van der Waals surface area contributed by atoms with Gasteiger partial charge in [0.2, 0.25) is 5.91 Å². The van der Waals surface area contributed by atoms with E-state index in [0.717, 1.165) is 27.6 Å². The highest BCUT2D eigenvalue weighted by Crippen LogP contribution is 2.23. The number of nitrogens with zero attached hydrogens (tertiary/aromatic N) is 1. The number of amides is 1. The number of carbonyl (C=O) groups is 1. The van der Waals surface area contributed by atoms with Gasteiger partial charge in [0.15, 0.2) is 0 Å². The third-order valence-electron chi connectivity index (χ3n) is 3.04. The van der Waals surface area contributed by atoms with Gasteiger partial charge in [-0.25, -0.2) is 0 Å². The van der Waals surface area contributed by atoms with Gasteiger partial charge in [0.1, 0.15) is 0 Å². The van der Waals surface area contributed by atoms with Crippen LogP contribution >= 0.6 is 31.9 Å². The second-order valence-electron chi connectivity index (χ2n) is 4.36. The van der Waals surface area contributed by atoms with Gasteiger partial charge in [-0.05, 0) is 70.3 Å². The Bertz CT molecular complexity index is 433. The number of rotatable bonds is 6. The maximum absolute atomic E-state index is 12.1. The van der Waals surface area contributed by atoms with Crippen molar-refractivity contribution in [2.24, 2.45) is 0 Å². The minimum atomic E-state index is -0.165. The van der Waals surface area contributed by atoms with Crippen LogP contribution in [0.3, 0.4) is 0 Å². The molecule has 0 saturated carbocycles. The average Bonchev–Trinajstić information content (AvgIpc) is 2.41. The summed E-state index contributed by atoms with van der Waals surface area (Å²) in [6.07, 6.45) is 0. The molecule has 106 valence electrons. The Labute approximate surface area is 132 Å². The van der Waals surface area contributed by atoms with Crippen LogP contribution in [0.25, 0.3) is 0 Å². The Hall–Kier alpha value is -0.390. The van der Waals surface area contributed by atoms with Crippen LogP contribution in [0.5, 0.6) is 0 Å². The van der Waals surface area contributed by atoms with Crippen LogP contribution in [0.15, 0.2) is 27.1 Å². The quantitative estimate of drug-likeness (QED) is 0.803. The molecule has 19 heavy (non-hydrogen) atoms. The molecule has 0 heterocycles. The molecule has 1 rings (SSSR count). The van der Waals surface area contributed by atoms with E-state index in [9.17, 15) is 4.79 Å². The molecule has 0 aliphatic carbocycles. The molecule has 1 atom stereocenters. The molecule has 0 aromatic heterocycles. The minimum Gasteiger partial charge on any atom is -0.342 e. The Morgan fingerprint density at radius 1 is 1.26 bits per heavy atom. The Kier molecular flexibility index (Phi) is 7.04. The number of carbonyl (C=O) groups excluding carboxylic acids is 1. The molecule has 1 aromatic carbocycles.